The number of hydrogen-bond donors (Lipinski definition) is 0. The van der Waals surface area contributed by atoms with E-state index in [4.69, 9.17) is 15.0 Å². The summed E-state index contributed by atoms with van der Waals surface area (Å²) >= 11 is 0. The summed E-state index contributed by atoms with van der Waals surface area (Å²) < 4.78 is 2.37. The van der Waals surface area contributed by atoms with Crippen LogP contribution in [0.1, 0.15) is 0 Å². The molecule has 0 aliphatic rings. The third-order valence-electron chi connectivity index (χ3n) is 11.0. The largest absolute Gasteiger partial charge is 0.308 e. The molecule has 0 unspecified atom stereocenters. The van der Waals surface area contributed by atoms with Crippen LogP contribution in [0.5, 0.6) is 0 Å². The molecule has 0 fully saturated rings. The minimum Gasteiger partial charge on any atom is -0.308 e. The Kier molecular flexibility index (Phi) is 7.78. The van der Waals surface area contributed by atoms with E-state index in [1.54, 1.807) is 0 Å². The molecular weight excluding hydrogens is 693 g/mol. The molecule has 57 heavy (non-hydrogen) atoms. The molecule has 0 amide bonds. The Morgan fingerprint density at radius 2 is 0.737 bits per heavy atom. The molecule has 0 bridgehead atoms. The van der Waals surface area contributed by atoms with Gasteiger partial charge in [-0.1, -0.05) is 164 Å². The van der Waals surface area contributed by atoms with Crippen LogP contribution in [0, 0.1) is 0 Å². The highest BCUT2D eigenvalue weighted by atomic mass is 15.1. The standard InChI is InChI=1S/C53H34N4/c1-2-13-35(14-3-1)40-19-12-20-41(31-40)42-29-30-47(50(34-42)57-48-23-10-8-21-45(48)46-22-9-11-24-49(46)57)53-55-51(43-27-25-36-15-4-6-17-38(36)32-43)54-52(56-53)44-28-26-37-16-5-7-18-39(37)33-44/h1-34H. The van der Waals surface area contributed by atoms with Crippen LogP contribution in [-0.2, 0) is 0 Å². The molecule has 11 aromatic rings. The van der Waals surface area contributed by atoms with E-state index in [-0.39, 0.29) is 0 Å². The van der Waals surface area contributed by atoms with E-state index in [2.05, 4.69) is 211 Å². The van der Waals surface area contributed by atoms with Gasteiger partial charge in [0.05, 0.1) is 16.7 Å². The first kappa shape index (κ1) is 32.7. The third-order valence-corrected chi connectivity index (χ3v) is 11.0. The van der Waals surface area contributed by atoms with Crippen LogP contribution in [0.2, 0.25) is 0 Å². The van der Waals surface area contributed by atoms with E-state index in [1.807, 2.05) is 0 Å². The number of rotatable bonds is 6. The lowest BCUT2D eigenvalue weighted by Gasteiger charge is -2.17. The van der Waals surface area contributed by atoms with E-state index in [1.165, 1.54) is 32.7 Å². The lowest BCUT2D eigenvalue weighted by molar-refractivity contribution is 1.07. The number of fused-ring (bicyclic) bond motifs is 5. The second kappa shape index (κ2) is 13.6. The van der Waals surface area contributed by atoms with Gasteiger partial charge < -0.3 is 4.57 Å². The Hall–Kier alpha value is -7.69. The Balaban J connectivity index is 1.18. The van der Waals surface area contributed by atoms with Crippen LogP contribution in [0.3, 0.4) is 0 Å². The summed E-state index contributed by atoms with van der Waals surface area (Å²) in [6.07, 6.45) is 0. The summed E-state index contributed by atoms with van der Waals surface area (Å²) in [6.45, 7) is 0. The van der Waals surface area contributed by atoms with Gasteiger partial charge in [0, 0.05) is 27.5 Å². The van der Waals surface area contributed by atoms with E-state index in [0.717, 1.165) is 55.3 Å². The molecule has 0 saturated heterocycles. The molecule has 4 nitrogen and oxygen atoms in total. The molecule has 4 heteroatoms. The fraction of sp³-hybridized carbons (Fsp3) is 0. The molecule has 0 atom stereocenters. The van der Waals surface area contributed by atoms with E-state index in [9.17, 15) is 0 Å². The van der Waals surface area contributed by atoms with Gasteiger partial charge in [-0.05, 0) is 86.3 Å². The van der Waals surface area contributed by atoms with Gasteiger partial charge in [0.15, 0.2) is 17.5 Å². The molecule has 2 aromatic heterocycles. The number of hydrogen-bond acceptors (Lipinski definition) is 3. The lowest BCUT2D eigenvalue weighted by Crippen LogP contribution is -2.04. The summed E-state index contributed by atoms with van der Waals surface area (Å²) in [5, 5.41) is 7.01. The molecule has 0 aliphatic carbocycles. The smallest absolute Gasteiger partial charge is 0.166 e. The van der Waals surface area contributed by atoms with Crippen molar-refractivity contribution in [2.75, 3.05) is 0 Å². The van der Waals surface area contributed by atoms with Crippen LogP contribution >= 0.6 is 0 Å². The molecule has 0 spiro atoms. The average molecular weight is 727 g/mol. The van der Waals surface area contributed by atoms with E-state index >= 15 is 0 Å². The molecule has 0 aliphatic heterocycles. The minimum absolute atomic E-state index is 0.609. The Morgan fingerprint density at radius 3 is 1.35 bits per heavy atom. The van der Waals surface area contributed by atoms with Crippen molar-refractivity contribution in [2.45, 2.75) is 0 Å². The molecule has 0 saturated carbocycles. The van der Waals surface area contributed by atoms with Crippen LogP contribution in [0.25, 0.3) is 105 Å². The summed E-state index contributed by atoms with van der Waals surface area (Å²) in [5.74, 6) is 1.86. The molecule has 9 aromatic carbocycles. The number of benzene rings is 9. The van der Waals surface area contributed by atoms with E-state index in [0.29, 0.717) is 17.5 Å². The van der Waals surface area contributed by atoms with Gasteiger partial charge in [-0.15, -0.1) is 0 Å². The first-order chi connectivity index (χ1) is 28.2. The maximum atomic E-state index is 5.32. The summed E-state index contributed by atoms with van der Waals surface area (Å²) in [5.41, 5.74) is 10.6. The molecular formula is C53H34N4. The number of nitrogens with zero attached hydrogens (tertiary/aromatic N) is 4. The van der Waals surface area contributed by atoms with Gasteiger partial charge in [0.2, 0.25) is 0 Å². The maximum Gasteiger partial charge on any atom is 0.166 e. The van der Waals surface area contributed by atoms with Crippen LogP contribution in [0.15, 0.2) is 206 Å². The molecule has 11 rings (SSSR count). The summed E-state index contributed by atoms with van der Waals surface area (Å²) in [4.78, 5) is 15.8. The van der Waals surface area contributed by atoms with Gasteiger partial charge in [0.25, 0.3) is 0 Å². The second-order valence-corrected chi connectivity index (χ2v) is 14.5. The minimum atomic E-state index is 0.609. The van der Waals surface area contributed by atoms with Gasteiger partial charge in [-0.25, -0.2) is 15.0 Å². The second-order valence-electron chi connectivity index (χ2n) is 14.5. The van der Waals surface area contributed by atoms with Crippen molar-refractivity contribution in [2.24, 2.45) is 0 Å². The average Bonchev–Trinajstić information content (AvgIpc) is 3.63. The van der Waals surface area contributed by atoms with Crippen molar-refractivity contribution in [3.8, 4) is 62.1 Å². The third kappa shape index (κ3) is 5.83. The van der Waals surface area contributed by atoms with Crippen LogP contribution < -0.4 is 0 Å². The molecule has 0 radical (unpaired) electrons. The first-order valence-electron chi connectivity index (χ1n) is 19.3. The number of aromatic nitrogens is 4. The lowest BCUT2D eigenvalue weighted by atomic mass is 9.97. The Morgan fingerprint density at radius 1 is 0.281 bits per heavy atom. The predicted octanol–water partition coefficient (Wildman–Crippen LogP) is 13.6. The first-order valence-corrected chi connectivity index (χ1v) is 19.3. The summed E-state index contributed by atoms with van der Waals surface area (Å²) in [6, 6.07) is 73.0. The predicted molar refractivity (Wildman–Crippen MR) is 236 cm³/mol. The van der Waals surface area contributed by atoms with Gasteiger partial charge in [0.1, 0.15) is 0 Å². The van der Waals surface area contributed by atoms with Gasteiger partial charge in [-0.3, -0.25) is 0 Å². The van der Waals surface area contributed by atoms with Crippen molar-refractivity contribution >= 4 is 43.4 Å². The number of para-hydroxylation sites is 2. The fourth-order valence-corrected chi connectivity index (χ4v) is 8.19. The SMILES string of the molecule is c1ccc(-c2cccc(-c3ccc(-c4nc(-c5ccc6ccccc6c5)nc(-c5ccc6ccccc6c5)n4)c(-n4c5ccccc5c5ccccc54)c3)c2)cc1. The van der Waals surface area contributed by atoms with Gasteiger partial charge >= 0.3 is 0 Å². The van der Waals surface area contributed by atoms with Crippen LogP contribution in [-0.4, -0.2) is 19.5 Å². The highest BCUT2D eigenvalue weighted by Crippen LogP contribution is 2.39. The normalized spacial score (nSPS) is 11.5. The highest BCUT2D eigenvalue weighted by Gasteiger charge is 2.20. The zero-order valence-electron chi connectivity index (χ0n) is 30.9. The Bertz CT molecular complexity index is 3160. The molecule has 2 heterocycles. The van der Waals surface area contributed by atoms with Crippen molar-refractivity contribution < 1.29 is 0 Å². The van der Waals surface area contributed by atoms with Gasteiger partial charge in [-0.2, -0.15) is 0 Å². The van der Waals surface area contributed by atoms with Crippen LogP contribution in [0.4, 0.5) is 0 Å². The van der Waals surface area contributed by atoms with Crippen molar-refractivity contribution in [3.05, 3.63) is 206 Å². The highest BCUT2D eigenvalue weighted by molar-refractivity contribution is 6.10. The fourth-order valence-electron chi connectivity index (χ4n) is 8.19. The molecule has 266 valence electrons. The van der Waals surface area contributed by atoms with Crippen molar-refractivity contribution in [3.63, 3.8) is 0 Å². The summed E-state index contributed by atoms with van der Waals surface area (Å²) in [7, 11) is 0. The quantitative estimate of drug-likeness (QED) is 0.171. The Labute approximate surface area is 330 Å². The maximum absolute atomic E-state index is 5.32. The van der Waals surface area contributed by atoms with Crippen molar-refractivity contribution in [1.29, 1.82) is 0 Å². The zero-order chi connectivity index (χ0) is 37.7. The van der Waals surface area contributed by atoms with E-state index < -0.39 is 0 Å². The monoisotopic (exact) mass is 726 g/mol. The zero-order valence-corrected chi connectivity index (χ0v) is 30.9. The molecule has 0 N–H and O–H groups in total. The van der Waals surface area contributed by atoms with Crippen molar-refractivity contribution in [1.82, 2.24) is 19.5 Å². The topological polar surface area (TPSA) is 43.6 Å².